The summed E-state index contributed by atoms with van der Waals surface area (Å²) in [5.74, 6) is 0.946. The van der Waals surface area contributed by atoms with Gasteiger partial charge in [0.05, 0.1) is 7.11 Å². The van der Waals surface area contributed by atoms with Crippen LogP contribution in [0.5, 0.6) is 5.75 Å². The molecule has 0 atom stereocenters. The molecule has 1 aromatic heterocycles. The predicted molar refractivity (Wildman–Crippen MR) is 94.4 cm³/mol. The van der Waals surface area contributed by atoms with E-state index in [4.69, 9.17) is 4.74 Å². The van der Waals surface area contributed by atoms with Crippen molar-refractivity contribution in [1.29, 1.82) is 0 Å². The van der Waals surface area contributed by atoms with Crippen LogP contribution in [0.25, 0.3) is 11.4 Å². The van der Waals surface area contributed by atoms with Crippen LogP contribution in [0.2, 0.25) is 0 Å². The molecule has 0 spiro atoms. The summed E-state index contributed by atoms with van der Waals surface area (Å²) in [4.78, 5) is 13.5. The van der Waals surface area contributed by atoms with Crippen molar-refractivity contribution in [2.75, 3.05) is 12.4 Å². The first-order valence-corrected chi connectivity index (χ1v) is 7.84. The molecular formula is C18H19N5O2. The number of hydrogen-bond acceptors (Lipinski definition) is 5. The molecule has 3 rings (SSSR count). The Balaban J connectivity index is 1.69. The van der Waals surface area contributed by atoms with E-state index in [1.54, 1.807) is 7.11 Å². The fourth-order valence-electron chi connectivity index (χ4n) is 2.46. The maximum Gasteiger partial charge on any atom is 0.248 e. The summed E-state index contributed by atoms with van der Waals surface area (Å²) >= 11 is 0. The fourth-order valence-corrected chi connectivity index (χ4v) is 2.46. The number of methoxy groups -OCH3 is 1. The highest BCUT2D eigenvalue weighted by molar-refractivity contribution is 5.91. The molecule has 7 nitrogen and oxygen atoms in total. The molecule has 1 heterocycles. The number of carbonyl (C=O) groups is 1. The number of anilines is 1. The second-order valence-corrected chi connectivity index (χ2v) is 5.74. The molecular weight excluding hydrogens is 318 g/mol. The van der Waals surface area contributed by atoms with Crippen LogP contribution in [0, 0.1) is 13.8 Å². The predicted octanol–water partition coefficient (Wildman–Crippen LogP) is 2.60. The standard InChI is InChI=1S/C18H19N5O2/c1-12-7-8-16(13(2)9-12)19-17(24)11-23-21-18(20-22-23)14-5-4-6-15(10-14)25-3/h4-10H,11H2,1-3H3,(H,19,24). The van der Waals surface area contributed by atoms with E-state index in [1.807, 2.05) is 56.3 Å². The number of carbonyl (C=O) groups excluding carboxylic acids is 1. The Morgan fingerprint density at radius 1 is 1.20 bits per heavy atom. The fraction of sp³-hybridized carbons (Fsp3) is 0.222. The van der Waals surface area contributed by atoms with E-state index < -0.39 is 0 Å². The van der Waals surface area contributed by atoms with Gasteiger partial charge in [-0.05, 0) is 42.8 Å². The molecule has 7 heteroatoms. The van der Waals surface area contributed by atoms with E-state index in [0.717, 1.165) is 22.4 Å². The van der Waals surface area contributed by atoms with Crippen molar-refractivity contribution in [2.24, 2.45) is 0 Å². The van der Waals surface area contributed by atoms with Crippen molar-refractivity contribution in [3.63, 3.8) is 0 Å². The van der Waals surface area contributed by atoms with Gasteiger partial charge in [0.1, 0.15) is 12.3 Å². The molecule has 0 unspecified atom stereocenters. The number of hydrogen-bond donors (Lipinski definition) is 1. The van der Waals surface area contributed by atoms with Gasteiger partial charge in [-0.2, -0.15) is 4.80 Å². The van der Waals surface area contributed by atoms with E-state index in [1.165, 1.54) is 4.80 Å². The highest BCUT2D eigenvalue weighted by Gasteiger charge is 2.11. The number of aryl methyl sites for hydroxylation is 2. The topological polar surface area (TPSA) is 81.9 Å². The number of rotatable bonds is 5. The van der Waals surface area contributed by atoms with Crippen molar-refractivity contribution < 1.29 is 9.53 Å². The number of amides is 1. The number of ether oxygens (including phenoxy) is 1. The minimum atomic E-state index is -0.207. The SMILES string of the molecule is COc1cccc(-c2nnn(CC(=O)Nc3ccc(C)cc3C)n2)c1. The molecule has 0 aliphatic rings. The van der Waals surface area contributed by atoms with E-state index >= 15 is 0 Å². The lowest BCUT2D eigenvalue weighted by molar-refractivity contribution is -0.117. The highest BCUT2D eigenvalue weighted by Crippen LogP contribution is 2.20. The summed E-state index contributed by atoms with van der Waals surface area (Å²) in [6.07, 6.45) is 0. The smallest absolute Gasteiger partial charge is 0.248 e. The van der Waals surface area contributed by atoms with Gasteiger partial charge in [-0.25, -0.2) is 0 Å². The summed E-state index contributed by atoms with van der Waals surface area (Å²) in [6.45, 7) is 3.96. The maximum absolute atomic E-state index is 12.2. The molecule has 0 fully saturated rings. The normalized spacial score (nSPS) is 10.5. The molecule has 2 aromatic carbocycles. The van der Waals surface area contributed by atoms with Gasteiger partial charge in [-0.15, -0.1) is 10.2 Å². The van der Waals surface area contributed by atoms with Gasteiger partial charge in [-0.3, -0.25) is 4.79 Å². The van der Waals surface area contributed by atoms with E-state index in [-0.39, 0.29) is 12.5 Å². The Morgan fingerprint density at radius 2 is 2.04 bits per heavy atom. The Hall–Kier alpha value is -3.22. The largest absolute Gasteiger partial charge is 0.497 e. The van der Waals surface area contributed by atoms with E-state index in [0.29, 0.717) is 11.6 Å². The molecule has 128 valence electrons. The third-order valence-electron chi connectivity index (χ3n) is 3.72. The van der Waals surface area contributed by atoms with Gasteiger partial charge in [0, 0.05) is 11.3 Å². The summed E-state index contributed by atoms with van der Waals surface area (Å²) in [5, 5.41) is 15.1. The van der Waals surface area contributed by atoms with Gasteiger partial charge in [-0.1, -0.05) is 29.8 Å². The van der Waals surface area contributed by atoms with Gasteiger partial charge in [0.2, 0.25) is 11.7 Å². The molecule has 1 amide bonds. The second-order valence-electron chi connectivity index (χ2n) is 5.74. The molecule has 25 heavy (non-hydrogen) atoms. The first kappa shape index (κ1) is 16.6. The van der Waals surface area contributed by atoms with Crippen molar-refractivity contribution in [1.82, 2.24) is 20.2 Å². The van der Waals surface area contributed by atoms with Gasteiger partial charge in [0.25, 0.3) is 0 Å². The zero-order chi connectivity index (χ0) is 17.8. The van der Waals surface area contributed by atoms with Crippen molar-refractivity contribution >= 4 is 11.6 Å². The molecule has 1 N–H and O–H groups in total. The number of tetrazole rings is 1. The molecule has 0 radical (unpaired) electrons. The van der Waals surface area contributed by atoms with Crippen LogP contribution in [0.15, 0.2) is 42.5 Å². The summed E-state index contributed by atoms with van der Waals surface area (Å²) in [7, 11) is 1.60. The first-order chi connectivity index (χ1) is 12.0. The number of benzene rings is 2. The number of nitrogens with zero attached hydrogens (tertiary/aromatic N) is 4. The van der Waals surface area contributed by atoms with Crippen LogP contribution in [-0.2, 0) is 11.3 Å². The highest BCUT2D eigenvalue weighted by atomic mass is 16.5. The third kappa shape index (κ3) is 4.00. The third-order valence-corrected chi connectivity index (χ3v) is 3.72. The zero-order valence-corrected chi connectivity index (χ0v) is 14.4. The molecule has 0 aliphatic carbocycles. The van der Waals surface area contributed by atoms with Crippen molar-refractivity contribution in [2.45, 2.75) is 20.4 Å². The molecule has 3 aromatic rings. The van der Waals surface area contributed by atoms with E-state index in [2.05, 4.69) is 20.7 Å². The average Bonchev–Trinajstić information content (AvgIpc) is 3.06. The van der Waals surface area contributed by atoms with Gasteiger partial charge >= 0.3 is 0 Å². The van der Waals surface area contributed by atoms with Gasteiger partial charge < -0.3 is 10.1 Å². The lowest BCUT2D eigenvalue weighted by Crippen LogP contribution is -2.21. The van der Waals surface area contributed by atoms with Crippen molar-refractivity contribution in [3.8, 4) is 17.1 Å². The number of nitrogens with one attached hydrogen (secondary N) is 1. The average molecular weight is 337 g/mol. The van der Waals surface area contributed by atoms with Crippen LogP contribution >= 0.6 is 0 Å². The summed E-state index contributed by atoms with van der Waals surface area (Å²) in [5.41, 5.74) is 3.72. The molecule has 0 aliphatic heterocycles. The lowest BCUT2D eigenvalue weighted by atomic mass is 10.1. The summed E-state index contributed by atoms with van der Waals surface area (Å²) < 4.78 is 5.19. The zero-order valence-electron chi connectivity index (χ0n) is 14.4. The minimum absolute atomic E-state index is 0.00964. The molecule has 0 saturated heterocycles. The first-order valence-electron chi connectivity index (χ1n) is 7.84. The van der Waals surface area contributed by atoms with Gasteiger partial charge in [0.15, 0.2) is 0 Å². The molecule has 0 saturated carbocycles. The van der Waals surface area contributed by atoms with E-state index in [9.17, 15) is 4.79 Å². The van der Waals surface area contributed by atoms with Crippen LogP contribution in [0.3, 0.4) is 0 Å². The Labute approximate surface area is 145 Å². The number of aromatic nitrogens is 4. The van der Waals surface area contributed by atoms with Crippen LogP contribution < -0.4 is 10.1 Å². The monoisotopic (exact) mass is 337 g/mol. The maximum atomic E-state index is 12.2. The summed E-state index contributed by atoms with van der Waals surface area (Å²) in [6, 6.07) is 13.2. The Bertz CT molecular complexity index is 904. The van der Waals surface area contributed by atoms with Crippen LogP contribution in [-0.4, -0.2) is 33.2 Å². The Kier molecular flexibility index (Phi) is 4.74. The minimum Gasteiger partial charge on any atom is -0.497 e. The molecule has 0 bridgehead atoms. The second kappa shape index (κ2) is 7.12. The van der Waals surface area contributed by atoms with Crippen LogP contribution in [0.4, 0.5) is 5.69 Å². The quantitative estimate of drug-likeness (QED) is 0.774. The Morgan fingerprint density at radius 3 is 2.80 bits per heavy atom. The van der Waals surface area contributed by atoms with Crippen LogP contribution in [0.1, 0.15) is 11.1 Å². The lowest BCUT2D eigenvalue weighted by Gasteiger charge is -2.08. The van der Waals surface area contributed by atoms with Crippen molar-refractivity contribution in [3.05, 3.63) is 53.6 Å².